The van der Waals surface area contributed by atoms with Crippen molar-refractivity contribution in [2.24, 2.45) is 17.6 Å². The molecule has 1 saturated heterocycles. The van der Waals surface area contributed by atoms with Crippen LogP contribution in [0, 0.1) is 11.8 Å². The van der Waals surface area contributed by atoms with Gasteiger partial charge in [0.15, 0.2) is 0 Å². The van der Waals surface area contributed by atoms with E-state index in [0.29, 0.717) is 12.5 Å². The van der Waals surface area contributed by atoms with Gasteiger partial charge in [0.1, 0.15) is 0 Å². The molecular formula is C12H24N2O. The van der Waals surface area contributed by atoms with Crippen LogP contribution in [0.15, 0.2) is 0 Å². The van der Waals surface area contributed by atoms with Crippen molar-refractivity contribution in [3.05, 3.63) is 0 Å². The van der Waals surface area contributed by atoms with E-state index in [1.165, 1.54) is 6.42 Å². The van der Waals surface area contributed by atoms with Gasteiger partial charge in [-0.15, -0.1) is 0 Å². The number of carbonyl (C=O) groups excluding carboxylic acids is 1. The van der Waals surface area contributed by atoms with Crippen molar-refractivity contribution >= 4 is 5.91 Å². The molecule has 0 saturated carbocycles. The summed E-state index contributed by atoms with van der Waals surface area (Å²) in [5.74, 6) is 0.876. The van der Waals surface area contributed by atoms with E-state index in [0.717, 1.165) is 32.4 Å². The molecule has 0 aromatic heterocycles. The first-order valence-electron chi connectivity index (χ1n) is 6.14. The number of hydrogen-bond acceptors (Lipinski definition) is 2. The molecule has 1 unspecified atom stereocenters. The fourth-order valence-electron chi connectivity index (χ4n) is 2.24. The fraction of sp³-hybridized carbons (Fsp3) is 0.917. The van der Waals surface area contributed by atoms with E-state index in [2.05, 4.69) is 13.8 Å². The molecule has 2 N–H and O–H groups in total. The van der Waals surface area contributed by atoms with Crippen molar-refractivity contribution in [1.82, 2.24) is 4.90 Å². The Morgan fingerprint density at radius 3 is 2.33 bits per heavy atom. The van der Waals surface area contributed by atoms with Gasteiger partial charge >= 0.3 is 0 Å². The van der Waals surface area contributed by atoms with Crippen molar-refractivity contribution in [1.29, 1.82) is 0 Å². The van der Waals surface area contributed by atoms with E-state index in [1.54, 1.807) is 0 Å². The molecule has 0 aliphatic carbocycles. The summed E-state index contributed by atoms with van der Waals surface area (Å²) in [5.41, 5.74) is 5.68. The van der Waals surface area contributed by atoms with Crippen LogP contribution in [0.1, 0.15) is 39.5 Å². The molecule has 0 bridgehead atoms. The van der Waals surface area contributed by atoms with Crippen molar-refractivity contribution in [3.63, 3.8) is 0 Å². The minimum absolute atomic E-state index is 0.0445. The van der Waals surface area contributed by atoms with Gasteiger partial charge in [-0.1, -0.05) is 13.8 Å². The van der Waals surface area contributed by atoms with E-state index in [4.69, 9.17) is 5.73 Å². The SMILES string of the molecule is CC(C)CC(CN)C(=O)N1CCCCC1. The lowest BCUT2D eigenvalue weighted by molar-refractivity contribution is -0.136. The molecule has 0 aromatic carbocycles. The van der Waals surface area contributed by atoms with Gasteiger partial charge in [0.05, 0.1) is 5.92 Å². The molecule has 0 spiro atoms. The number of amides is 1. The highest BCUT2D eigenvalue weighted by molar-refractivity contribution is 5.79. The summed E-state index contributed by atoms with van der Waals surface area (Å²) in [5, 5.41) is 0. The first-order chi connectivity index (χ1) is 7.15. The second-order valence-electron chi connectivity index (χ2n) is 4.95. The van der Waals surface area contributed by atoms with Crippen LogP contribution >= 0.6 is 0 Å². The van der Waals surface area contributed by atoms with Crippen LogP contribution in [0.5, 0.6) is 0 Å². The highest BCUT2D eigenvalue weighted by atomic mass is 16.2. The zero-order valence-electron chi connectivity index (χ0n) is 10.0. The zero-order chi connectivity index (χ0) is 11.3. The highest BCUT2D eigenvalue weighted by Crippen LogP contribution is 2.17. The number of nitrogens with zero attached hydrogens (tertiary/aromatic N) is 1. The second-order valence-corrected chi connectivity index (χ2v) is 4.95. The first kappa shape index (κ1) is 12.5. The summed E-state index contributed by atoms with van der Waals surface area (Å²) >= 11 is 0. The first-order valence-corrected chi connectivity index (χ1v) is 6.14. The summed E-state index contributed by atoms with van der Waals surface area (Å²) < 4.78 is 0. The lowest BCUT2D eigenvalue weighted by atomic mass is 9.95. The molecule has 3 nitrogen and oxygen atoms in total. The monoisotopic (exact) mass is 212 g/mol. The number of nitrogens with two attached hydrogens (primary N) is 1. The summed E-state index contributed by atoms with van der Waals surface area (Å²) in [6.07, 6.45) is 4.50. The van der Waals surface area contributed by atoms with E-state index in [1.807, 2.05) is 4.90 Å². The van der Waals surface area contributed by atoms with Gasteiger partial charge in [-0.3, -0.25) is 4.79 Å². The van der Waals surface area contributed by atoms with Crippen LogP contribution in [0.2, 0.25) is 0 Å². The zero-order valence-corrected chi connectivity index (χ0v) is 10.0. The quantitative estimate of drug-likeness (QED) is 0.769. The normalized spacial score (nSPS) is 19.3. The molecule has 1 aliphatic heterocycles. The standard InChI is InChI=1S/C12H24N2O/c1-10(2)8-11(9-13)12(15)14-6-4-3-5-7-14/h10-11H,3-9,13H2,1-2H3. The molecule has 3 heteroatoms. The van der Waals surface area contributed by atoms with Crippen LogP contribution in [0.4, 0.5) is 0 Å². The van der Waals surface area contributed by atoms with Crippen molar-refractivity contribution < 1.29 is 4.79 Å². The Labute approximate surface area is 93.0 Å². The van der Waals surface area contributed by atoms with E-state index in [-0.39, 0.29) is 11.8 Å². The molecule has 0 aromatic rings. The van der Waals surface area contributed by atoms with Gasteiger partial charge in [-0.2, -0.15) is 0 Å². The molecule has 15 heavy (non-hydrogen) atoms. The molecule has 1 amide bonds. The van der Waals surface area contributed by atoms with E-state index < -0.39 is 0 Å². The molecule has 1 atom stereocenters. The number of likely N-dealkylation sites (tertiary alicyclic amines) is 1. The summed E-state index contributed by atoms with van der Waals surface area (Å²) in [6, 6.07) is 0. The molecule has 1 fully saturated rings. The Hall–Kier alpha value is -0.570. The molecule has 0 radical (unpaired) electrons. The lowest BCUT2D eigenvalue weighted by Crippen LogP contribution is -2.42. The lowest BCUT2D eigenvalue weighted by Gasteiger charge is -2.30. The highest BCUT2D eigenvalue weighted by Gasteiger charge is 2.24. The number of carbonyl (C=O) groups is 1. The Balaban J connectivity index is 2.47. The maximum atomic E-state index is 12.1. The van der Waals surface area contributed by atoms with Gasteiger partial charge in [-0.25, -0.2) is 0 Å². The Morgan fingerprint density at radius 2 is 1.87 bits per heavy atom. The summed E-state index contributed by atoms with van der Waals surface area (Å²) in [6.45, 7) is 6.66. The predicted octanol–water partition coefficient (Wildman–Crippen LogP) is 1.62. The summed E-state index contributed by atoms with van der Waals surface area (Å²) in [7, 11) is 0. The summed E-state index contributed by atoms with van der Waals surface area (Å²) in [4.78, 5) is 14.1. The minimum Gasteiger partial charge on any atom is -0.342 e. The second kappa shape index (κ2) is 6.11. The largest absolute Gasteiger partial charge is 0.342 e. The molecule has 1 heterocycles. The Bertz CT molecular complexity index is 198. The van der Waals surface area contributed by atoms with Gasteiger partial charge in [0, 0.05) is 19.6 Å². The van der Waals surface area contributed by atoms with Crippen LogP contribution in [0.25, 0.3) is 0 Å². The maximum Gasteiger partial charge on any atom is 0.226 e. The number of piperidine rings is 1. The topological polar surface area (TPSA) is 46.3 Å². The Morgan fingerprint density at radius 1 is 1.27 bits per heavy atom. The van der Waals surface area contributed by atoms with Crippen LogP contribution < -0.4 is 5.73 Å². The van der Waals surface area contributed by atoms with Gasteiger partial charge in [0.2, 0.25) is 5.91 Å². The van der Waals surface area contributed by atoms with E-state index >= 15 is 0 Å². The number of rotatable bonds is 4. The van der Waals surface area contributed by atoms with Crippen LogP contribution in [0.3, 0.4) is 0 Å². The van der Waals surface area contributed by atoms with Crippen LogP contribution in [-0.2, 0) is 4.79 Å². The fourth-order valence-corrected chi connectivity index (χ4v) is 2.24. The minimum atomic E-state index is 0.0445. The third-order valence-electron chi connectivity index (χ3n) is 3.06. The molecule has 1 rings (SSSR count). The van der Waals surface area contributed by atoms with Crippen molar-refractivity contribution in [2.75, 3.05) is 19.6 Å². The molecule has 88 valence electrons. The third-order valence-corrected chi connectivity index (χ3v) is 3.06. The maximum absolute atomic E-state index is 12.1. The average Bonchev–Trinajstić information content (AvgIpc) is 2.26. The Kier molecular flexibility index (Phi) is 5.09. The van der Waals surface area contributed by atoms with Gasteiger partial charge in [0.25, 0.3) is 0 Å². The molecule has 1 aliphatic rings. The smallest absolute Gasteiger partial charge is 0.226 e. The van der Waals surface area contributed by atoms with E-state index in [9.17, 15) is 4.79 Å². The van der Waals surface area contributed by atoms with Gasteiger partial charge < -0.3 is 10.6 Å². The average molecular weight is 212 g/mol. The number of hydrogen-bond donors (Lipinski definition) is 1. The van der Waals surface area contributed by atoms with Crippen molar-refractivity contribution in [2.45, 2.75) is 39.5 Å². The third kappa shape index (κ3) is 3.82. The van der Waals surface area contributed by atoms with Gasteiger partial charge in [-0.05, 0) is 31.6 Å². The molecular weight excluding hydrogens is 188 g/mol. The predicted molar refractivity (Wildman–Crippen MR) is 62.4 cm³/mol. The van der Waals surface area contributed by atoms with Crippen LogP contribution in [-0.4, -0.2) is 30.4 Å². The van der Waals surface area contributed by atoms with Crippen molar-refractivity contribution in [3.8, 4) is 0 Å².